The minimum atomic E-state index is -0.480. The van der Waals surface area contributed by atoms with Crippen LogP contribution in [-0.4, -0.2) is 25.6 Å². The summed E-state index contributed by atoms with van der Waals surface area (Å²) in [6.07, 6.45) is 0.752. The van der Waals surface area contributed by atoms with Crippen LogP contribution in [0.5, 0.6) is 5.95 Å². The van der Waals surface area contributed by atoms with Crippen LogP contribution in [0.2, 0.25) is 0 Å². The number of hydrogen-bond acceptors (Lipinski definition) is 6. The fourth-order valence-electron chi connectivity index (χ4n) is 3.81. The van der Waals surface area contributed by atoms with E-state index in [2.05, 4.69) is 30.5 Å². The number of ether oxygens (including phenoxy) is 1. The van der Waals surface area contributed by atoms with Crippen molar-refractivity contribution < 1.29 is 19.1 Å². The molecule has 0 radical (unpaired) electrons. The van der Waals surface area contributed by atoms with Gasteiger partial charge in [-0.25, -0.2) is 14.8 Å². The van der Waals surface area contributed by atoms with Gasteiger partial charge in [0.05, 0.1) is 29.8 Å². The number of rotatable bonds is 6. The van der Waals surface area contributed by atoms with Crippen LogP contribution in [-0.2, 0) is 19.6 Å². The molecule has 0 spiro atoms. The van der Waals surface area contributed by atoms with E-state index in [0.717, 1.165) is 34.4 Å². The second-order valence-corrected chi connectivity index (χ2v) is 8.29. The van der Waals surface area contributed by atoms with Crippen molar-refractivity contribution in [2.24, 2.45) is 0 Å². The normalized spacial score (nSPS) is 11.4. The summed E-state index contributed by atoms with van der Waals surface area (Å²) in [6.45, 7) is 2.48. The van der Waals surface area contributed by atoms with E-state index in [1.54, 1.807) is 30.3 Å². The van der Waals surface area contributed by atoms with Gasteiger partial charge in [0.2, 0.25) is 0 Å². The number of carbonyl (C=O) groups is 1. The molecule has 0 aliphatic rings. The Bertz CT molecular complexity index is 1470. The van der Waals surface area contributed by atoms with Gasteiger partial charge in [0.15, 0.2) is 10.3 Å². The number of aliphatic hydroxyl groups is 1. The topological polar surface area (TPSA) is 90.4 Å². The number of fused-ring (bicyclic) bond motifs is 2. The zero-order valence-electron chi connectivity index (χ0n) is 17.8. The highest BCUT2D eigenvalue weighted by molar-refractivity contribution is 9.10. The van der Waals surface area contributed by atoms with Crippen LogP contribution in [0, 0.1) is 0 Å². The molecule has 5 rings (SSSR count). The van der Waals surface area contributed by atoms with Crippen molar-refractivity contribution in [2.75, 3.05) is 0 Å². The number of furan rings is 1. The number of pyridine rings is 1. The zero-order valence-corrected chi connectivity index (χ0v) is 19.4. The van der Waals surface area contributed by atoms with Crippen LogP contribution in [0.3, 0.4) is 0 Å². The van der Waals surface area contributed by atoms with Crippen molar-refractivity contribution in [1.29, 1.82) is 0 Å². The van der Waals surface area contributed by atoms with Gasteiger partial charge >= 0.3 is 11.9 Å². The van der Waals surface area contributed by atoms with E-state index in [-0.39, 0.29) is 12.6 Å². The number of halogens is 1. The lowest BCUT2D eigenvalue weighted by atomic mass is 10.1. The predicted molar refractivity (Wildman–Crippen MR) is 127 cm³/mol. The fourth-order valence-corrected chi connectivity index (χ4v) is 4.28. The summed E-state index contributed by atoms with van der Waals surface area (Å²) in [6, 6.07) is 18.3. The Kier molecular flexibility index (Phi) is 5.70. The molecule has 7 nitrogen and oxygen atoms in total. The van der Waals surface area contributed by atoms with Crippen LogP contribution in [0.15, 0.2) is 69.8 Å². The smallest absolute Gasteiger partial charge is 0.345 e. The van der Waals surface area contributed by atoms with E-state index in [1.165, 1.54) is 0 Å². The Hall–Kier alpha value is -3.49. The molecule has 8 heteroatoms. The van der Waals surface area contributed by atoms with Crippen LogP contribution < -0.4 is 4.74 Å². The second-order valence-electron chi connectivity index (χ2n) is 7.57. The number of aliphatic hydroxyl groups excluding tert-OH is 1. The van der Waals surface area contributed by atoms with Gasteiger partial charge in [-0.2, -0.15) is 0 Å². The number of carbonyl (C=O) groups excluding carboxylic acids is 1. The van der Waals surface area contributed by atoms with E-state index < -0.39 is 5.97 Å². The van der Waals surface area contributed by atoms with Crippen molar-refractivity contribution in [2.45, 2.75) is 26.5 Å². The molecule has 0 saturated carbocycles. The molecule has 166 valence electrons. The standard InChI is InChI=1S/C25H20BrN3O4/c1-2-21-28-20-11-9-17(14-30)27-23(20)29(21)13-15-8-10-18-19(12-15)22(26)32-25(18)33-24(31)16-6-4-3-5-7-16/h3-12,30H,2,13-14H2,1H3. The largest absolute Gasteiger partial charge is 0.417 e. The number of nitrogens with zero attached hydrogens (tertiary/aromatic N) is 3. The van der Waals surface area contributed by atoms with Crippen molar-refractivity contribution >= 4 is 43.8 Å². The van der Waals surface area contributed by atoms with E-state index in [1.807, 2.05) is 37.3 Å². The Labute approximate surface area is 197 Å². The number of esters is 1. The number of hydrogen-bond donors (Lipinski definition) is 1. The van der Waals surface area contributed by atoms with E-state index >= 15 is 0 Å². The quantitative estimate of drug-likeness (QED) is 0.316. The van der Waals surface area contributed by atoms with Crippen molar-refractivity contribution in [3.63, 3.8) is 0 Å². The van der Waals surface area contributed by atoms with Gasteiger partial charge in [-0.3, -0.25) is 0 Å². The van der Waals surface area contributed by atoms with Gasteiger partial charge in [0.25, 0.3) is 0 Å². The summed E-state index contributed by atoms with van der Waals surface area (Å²) in [5.74, 6) is 0.580. The van der Waals surface area contributed by atoms with Gasteiger partial charge < -0.3 is 18.8 Å². The molecule has 0 amide bonds. The molecule has 0 saturated heterocycles. The maximum Gasteiger partial charge on any atom is 0.345 e. The molecule has 0 unspecified atom stereocenters. The fraction of sp³-hybridized carbons (Fsp3) is 0.160. The summed E-state index contributed by atoms with van der Waals surface area (Å²) in [7, 11) is 0. The van der Waals surface area contributed by atoms with Crippen molar-refractivity contribution in [3.8, 4) is 5.95 Å². The summed E-state index contributed by atoms with van der Waals surface area (Å²) >= 11 is 3.45. The lowest BCUT2D eigenvalue weighted by Gasteiger charge is -2.09. The van der Waals surface area contributed by atoms with Crippen LogP contribution in [0.4, 0.5) is 0 Å². The number of aromatic nitrogens is 3. The van der Waals surface area contributed by atoms with Crippen molar-refractivity contribution in [3.05, 3.63) is 88.0 Å². The first-order valence-corrected chi connectivity index (χ1v) is 11.3. The molecule has 0 atom stereocenters. The van der Waals surface area contributed by atoms with Gasteiger partial charge in [-0.1, -0.05) is 31.2 Å². The highest BCUT2D eigenvalue weighted by Crippen LogP contribution is 2.37. The first-order chi connectivity index (χ1) is 16.1. The predicted octanol–water partition coefficient (Wildman–Crippen LogP) is 5.26. The molecule has 1 N–H and O–H groups in total. The minimum Gasteiger partial charge on any atom is -0.417 e. The molecule has 0 aliphatic carbocycles. The molecule has 3 heterocycles. The van der Waals surface area contributed by atoms with Crippen LogP contribution in [0.1, 0.15) is 34.4 Å². The number of benzene rings is 2. The lowest BCUT2D eigenvalue weighted by molar-refractivity contribution is 0.0695. The first-order valence-electron chi connectivity index (χ1n) is 10.5. The molecule has 0 aliphatic heterocycles. The number of aryl methyl sites for hydroxylation is 1. The molecular weight excluding hydrogens is 486 g/mol. The third kappa shape index (κ3) is 4.03. The Morgan fingerprint density at radius 2 is 1.91 bits per heavy atom. The third-order valence-electron chi connectivity index (χ3n) is 5.44. The Morgan fingerprint density at radius 1 is 1.09 bits per heavy atom. The van der Waals surface area contributed by atoms with Crippen LogP contribution in [0.25, 0.3) is 21.9 Å². The molecule has 0 bridgehead atoms. The maximum atomic E-state index is 12.5. The molecule has 0 fully saturated rings. The average Bonchev–Trinajstić information content (AvgIpc) is 3.35. The van der Waals surface area contributed by atoms with E-state index in [4.69, 9.17) is 9.15 Å². The highest BCUT2D eigenvalue weighted by atomic mass is 79.9. The average molecular weight is 506 g/mol. The SMILES string of the molecule is CCc1nc2ccc(CO)nc2n1Cc1ccc2c(OC(=O)c3ccccc3)oc(Br)c2c1. The molecule has 2 aromatic carbocycles. The maximum absolute atomic E-state index is 12.5. The Morgan fingerprint density at radius 3 is 2.67 bits per heavy atom. The summed E-state index contributed by atoms with van der Waals surface area (Å²) < 4.78 is 13.8. The summed E-state index contributed by atoms with van der Waals surface area (Å²) in [4.78, 5) is 21.7. The van der Waals surface area contributed by atoms with Crippen molar-refractivity contribution in [1.82, 2.24) is 14.5 Å². The van der Waals surface area contributed by atoms with Gasteiger partial charge in [0.1, 0.15) is 11.3 Å². The molecule has 3 aromatic heterocycles. The molecule has 5 aromatic rings. The summed E-state index contributed by atoms with van der Waals surface area (Å²) in [5, 5.41) is 11.0. The van der Waals surface area contributed by atoms with Gasteiger partial charge in [0, 0.05) is 11.8 Å². The minimum absolute atomic E-state index is 0.124. The Balaban J connectivity index is 1.49. The molecule has 33 heavy (non-hydrogen) atoms. The van der Waals surface area contributed by atoms with Gasteiger partial charge in [-0.05, 0) is 57.9 Å². The van der Waals surface area contributed by atoms with Gasteiger partial charge in [-0.15, -0.1) is 0 Å². The summed E-state index contributed by atoms with van der Waals surface area (Å²) in [5.41, 5.74) is 3.59. The first kappa shape index (κ1) is 21.4. The third-order valence-corrected chi connectivity index (χ3v) is 6.03. The second kappa shape index (κ2) is 8.80. The van der Waals surface area contributed by atoms with Crippen LogP contribution >= 0.6 is 15.9 Å². The van der Waals surface area contributed by atoms with E-state index in [0.29, 0.717) is 27.9 Å². The zero-order chi connectivity index (χ0) is 22.9. The highest BCUT2D eigenvalue weighted by Gasteiger charge is 2.19. The van der Waals surface area contributed by atoms with E-state index in [9.17, 15) is 9.90 Å². The lowest BCUT2D eigenvalue weighted by Crippen LogP contribution is -2.07. The molecular formula is C25H20BrN3O4. The monoisotopic (exact) mass is 505 g/mol. The number of imidazole rings is 1.